The highest BCUT2D eigenvalue weighted by Crippen LogP contribution is 2.23. The van der Waals surface area contributed by atoms with Gasteiger partial charge in [-0.15, -0.1) is 24.0 Å². The van der Waals surface area contributed by atoms with Crippen LogP contribution < -0.4 is 10.6 Å². The number of aryl methyl sites for hydroxylation is 1. The van der Waals surface area contributed by atoms with Crippen LogP contribution >= 0.6 is 24.0 Å². The first kappa shape index (κ1) is 27.2. The van der Waals surface area contributed by atoms with E-state index in [1.54, 1.807) is 0 Å². The molecule has 1 aliphatic rings. The Morgan fingerprint density at radius 2 is 1.83 bits per heavy atom. The van der Waals surface area contributed by atoms with Crippen molar-refractivity contribution >= 4 is 29.9 Å². The number of rotatable bonds is 11. The largest absolute Gasteiger partial charge is 0.465 e. The molecule has 2 heterocycles. The van der Waals surface area contributed by atoms with Gasteiger partial charge in [-0.05, 0) is 38.8 Å². The van der Waals surface area contributed by atoms with Crippen LogP contribution in [0.5, 0.6) is 0 Å². The molecule has 0 bridgehead atoms. The van der Waals surface area contributed by atoms with E-state index in [1.165, 1.54) is 0 Å². The van der Waals surface area contributed by atoms with Crippen LogP contribution in [0.15, 0.2) is 21.5 Å². The minimum Gasteiger partial charge on any atom is -0.465 e. The van der Waals surface area contributed by atoms with Gasteiger partial charge in [-0.25, -0.2) is 0 Å². The summed E-state index contributed by atoms with van der Waals surface area (Å²) in [6.07, 6.45) is 3.44. The molecule has 1 aromatic rings. The second kappa shape index (κ2) is 14.3. The maximum absolute atomic E-state index is 10.9. The summed E-state index contributed by atoms with van der Waals surface area (Å²) in [6.45, 7) is 13.3. The van der Waals surface area contributed by atoms with Crippen molar-refractivity contribution in [3.05, 3.63) is 23.7 Å². The summed E-state index contributed by atoms with van der Waals surface area (Å²) in [6, 6.07) is 4.18. The maximum atomic E-state index is 10.9. The van der Waals surface area contributed by atoms with Gasteiger partial charge in [0.1, 0.15) is 11.5 Å². The molecule has 0 amide bonds. The first-order valence-corrected chi connectivity index (χ1v) is 11.1. The van der Waals surface area contributed by atoms with Gasteiger partial charge in [0.15, 0.2) is 5.96 Å². The third-order valence-corrected chi connectivity index (χ3v) is 5.35. The molecule has 1 aromatic heterocycles. The molecular weight excluding hydrogens is 495 g/mol. The zero-order valence-corrected chi connectivity index (χ0v) is 21.4. The Kier molecular flexibility index (Phi) is 12.9. The van der Waals surface area contributed by atoms with Gasteiger partial charge in [0, 0.05) is 26.2 Å². The van der Waals surface area contributed by atoms with Crippen LogP contribution in [0.2, 0.25) is 0 Å². The van der Waals surface area contributed by atoms with E-state index in [4.69, 9.17) is 14.1 Å². The summed E-state index contributed by atoms with van der Waals surface area (Å²) in [4.78, 5) is 7.10. The Labute approximate surface area is 199 Å². The molecule has 1 atom stereocenters. The van der Waals surface area contributed by atoms with Crippen LogP contribution in [0.3, 0.4) is 0 Å². The lowest BCUT2D eigenvalue weighted by Gasteiger charge is -2.33. The van der Waals surface area contributed by atoms with E-state index in [0.29, 0.717) is 13.1 Å². The molecule has 174 valence electrons. The fraction of sp³-hybridized carbons (Fsp3) is 0.773. The van der Waals surface area contributed by atoms with E-state index in [9.17, 15) is 5.11 Å². The Balaban J connectivity index is 0.00000450. The van der Waals surface area contributed by atoms with Gasteiger partial charge in [0.2, 0.25) is 0 Å². The van der Waals surface area contributed by atoms with Crippen molar-refractivity contribution in [1.29, 1.82) is 0 Å². The number of halogens is 1. The monoisotopic (exact) mass is 536 g/mol. The van der Waals surface area contributed by atoms with Crippen LogP contribution in [0.1, 0.15) is 64.0 Å². The molecule has 2 rings (SSSR count). The van der Waals surface area contributed by atoms with Crippen LogP contribution in [0.4, 0.5) is 0 Å². The summed E-state index contributed by atoms with van der Waals surface area (Å²) in [7, 11) is 0. The topological polar surface area (TPSA) is 82.3 Å². The van der Waals surface area contributed by atoms with E-state index >= 15 is 0 Å². The van der Waals surface area contributed by atoms with Crippen molar-refractivity contribution in [2.75, 3.05) is 45.9 Å². The number of morpholine rings is 1. The highest BCUT2D eigenvalue weighted by atomic mass is 127. The van der Waals surface area contributed by atoms with Crippen molar-refractivity contribution in [3.8, 4) is 0 Å². The molecule has 1 aliphatic heterocycles. The third kappa shape index (κ3) is 8.72. The van der Waals surface area contributed by atoms with Gasteiger partial charge in [0.25, 0.3) is 0 Å². The van der Waals surface area contributed by atoms with Crippen LogP contribution in [0, 0.1) is 6.92 Å². The van der Waals surface area contributed by atoms with Gasteiger partial charge in [0.05, 0.1) is 31.4 Å². The van der Waals surface area contributed by atoms with Crippen LogP contribution in [-0.4, -0.2) is 67.5 Å². The molecule has 7 nitrogen and oxygen atoms in total. The molecule has 0 aliphatic carbocycles. The molecule has 1 unspecified atom stereocenters. The van der Waals surface area contributed by atoms with Gasteiger partial charge < -0.3 is 24.9 Å². The van der Waals surface area contributed by atoms with Crippen molar-refractivity contribution in [3.63, 3.8) is 0 Å². The number of furan rings is 1. The molecular formula is C22H41IN4O3. The molecule has 0 saturated carbocycles. The highest BCUT2D eigenvalue weighted by Gasteiger charge is 2.27. The third-order valence-electron chi connectivity index (χ3n) is 5.35. The minimum atomic E-state index is -0.729. The molecule has 1 saturated heterocycles. The number of hydrogen-bond acceptors (Lipinski definition) is 5. The second-order valence-corrected chi connectivity index (χ2v) is 7.91. The van der Waals surface area contributed by atoms with E-state index in [0.717, 1.165) is 76.0 Å². The smallest absolute Gasteiger partial charge is 0.191 e. The Morgan fingerprint density at radius 3 is 2.37 bits per heavy atom. The van der Waals surface area contributed by atoms with Crippen LogP contribution in [0.25, 0.3) is 0 Å². The van der Waals surface area contributed by atoms with Gasteiger partial charge in [-0.3, -0.25) is 9.89 Å². The Bertz CT molecular complexity index is 611. The molecule has 1 fully saturated rings. The number of nitrogens with zero attached hydrogens (tertiary/aromatic N) is 2. The zero-order valence-electron chi connectivity index (χ0n) is 19.1. The number of ether oxygens (including phenoxy) is 1. The molecule has 0 radical (unpaired) electrons. The van der Waals surface area contributed by atoms with E-state index < -0.39 is 5.60 Å². The van der Waals surface area contributed by atoms with E-state index in [2.05, 4.69) is 42.4 Å². The number of nitrogens with one attached hydrogen (secondary N) is 2. The first-order valence-electron chi connectivity index (χ1n) is 11.1. The van der Waals surface area contributed by atoms with Gasteiger partial charge >= 0.3 is 0 Å². The average Bonchev–Trinajstić information content (AvgIpc) is 3.13. The summed E-state index contributed by atoms with van der Waals surface area (Å²) >= 11 is 0. The van der Waals surface area contributed by atoms with E-state index in [-0.39, 0.29) is 30.0 Å². The standard InChI is InChI=1S/C22H40N4O3.HI/c1-5-10-22(27,11-6-2)17-25-21(23-7-3)24-16-19(20-9-8-18(4)29-20)26-12-14-28-15-13-26;/h8-9,19,27H,5-7,10-17H2,1-4H3,(H2,23,24,25);1H. The lowest BCUT2D eigenvalue weighted by molar-refractivity contribution is 0.0124. The van der Waals surface area contributed by atoms with Crippen molar-refractivity contribution < 1.29 is 14.3 Å². The zero-order chi connectivity index (χ0) is 21.1. The Morgan fingerprint density at radius 1 is 1.17 bits per heavy atom. The molecule has 8 heteroatoms. The summed E-state index contributed by atoms with van der Waals surface area (Å²) < 4.78 is 11.5. The number of guanidine groups is 1. The lowest BCUT2D eigenvalue weighted by atomic mass is 9.93. The number of hydrogen-bond donors (Lipinski definition) is 3. The second-order valence-electron chi connectivity index (χ2n) is 7.91. The molecule has 0 aromatic carbocycles. The first-order chi connectivity index (χ1) is 14.0. The maximum Gasteiger partial charge on any atom is 0.191 e. The average molecular weight is 536 g/mol. The Hall–Kier alpha value is -0.840. The van der Waals surface area contributed by atoms with Crippen molar-refractivity contribution in [2.24, 2.45) is 4.99 Å². The summed E-state index contributed by atoms with van der Waals surface area (Å²) in [5, 5.41) is 17.7. The van der Waals surface area contributed by atoms with Gasteiger partial charge in [-0.1, -0.05) is 26.7 Å². The highest BCUT2D eigenvalue weighted by molar-refractivity contribution is 14.0. The number of aliphatic hydroxyl groups is 1. The SMILES string of the molecule is CCCC(O)(CCC)CN=C(NCC)NCC(c1ccc(C)o1)N1CCOCC1.I. The van der Waals surface area contributed by atoms with E-state index in [1.807, 2.05) is 13.0 Å². The summed E-state index contributed by atoms with van der Waals surface area (Å²) in [5.74, 6) is 2.61. The minimum absolute atomic E-state index is 0. The van der Waals surface area contributed by atoms with Crippen molar-refractivity contribution in [2.45, 2.75) is 65.0 Å². The lowest BCUT2D eigenvalue weighted by Crippen LogP contribution is -2.46. The molecule has 3 N–H and O–H groups in total. The summed E-state index contributed by atoms with van der Waals surface area (Å²) in [5.41, 5.74) is -0.729. The quantitative estimate of drug-likeness (QED) is 0.228. The molecule has 0 spiro atoms. The van der Waals surface area contributed by atoms with Gasteiger partial charge in [-0.2, -0.15) is 0 Å². The fourth-order valence-electron chi connectivity index (χ4n) is 3.91. The predicted octanol–water partition coefficient (Wildman–Crippen LogP) is 3.47. The number of aliphatic imine (C=N–C) groups is 1. The van der Waals surface area contributed by atoms with Crippen LogP contribution in [-0.2, 0) is 4.74 Å². The molecule has 30 heavy (non-hydrogen) atoms. The van der Waals surface area contributed by atoms with Crippen molar-refractivity contribution in [1.82, 2.24) is 15.5 Å². The predicted molar refractivity (Wildman–Crippen MR) is 133 cm³/mol. The normalized spacial score (nSPS) is 16.8. The fourth-order valence-corrected chi connectivity index (χ4v) is 3.91.